The lowest BCUT2D eigenvalue weighted by molar-refractivity contribution is 0.718. The zero-order valence-electron chi connectivity index (χ0n) is 9.48. The molecule has 0 aliphatic heterocycles. The predicted octanol–water partition coefficient (Wildman–Crippen LogP) is 0.240. The highest BCUT2D eigenvalue weighted by Crippen LogP contribution is 2.16. The van der Waals surface area contributed by atoms with Gasteiger partial charge in [-0.15, -0.1) is 11.3 Å². The fourth-order valence-corrected chi connectivity index (χ4v) is 2.33. The Morgan fingerprint density at radius 2 is 2.18 bits per heavy atom. The number of rotatable bonds is 2. The number of nitrogens with two attached hydrogens (primary N) is 1. The summed E-state index contributed by atoms with van der Waals surface area (Å²) in [6.45, 7) is 4.21. The minimum absolute atomic E-state index is 0.0228. The number of aryl methyl sites for hydroxylation is 2. The molecular formula is C10H12N4O2S. The summed E-state index contributed by atoms with van der Waals surface area (Å²) in [4.78, 5) is 30.2. The summed E-state index contributed by atoms with van der Waals surface area (Å²) in [5.74, 6) is 0. The maximum atomic E-state index is 11.5. The van der Waals surface area contributed by atoms with Gasteiger partial charge in [0.25, 0.3) is 5.56 Å². The van der Waals surface area contributed by atoms with E-state index in [1.807, 2.05) is 13.8 Å². The first-order valence-electron chi connectivity index (χ1n) is 4.99. The summed E-state index contributed by atoms with van der Waals surface area (Å²) >= 11 is 1.52. The van der Waals surface area contributed by atoms with Crippen molar-refractivity contribution in [3.8, 4) is 0 Å². The Bertz CT molecular complexity index is 648. The van der Waals surface area contributed by atoms with Gasteiger partial charge in [-0.3, -0.25) is 14.3 Å². The van der Waals surface area contributed by atoms with Crippen molar-refractivity contribution in [2.45, 2.75) is 20.4 Å². The molecule has 0 atom stereocenters. The smallest absolute Gasteiger partial charge is 0.328 e. The zero-order chi connectivity index (χ0) is 12.6. The summed E-state index contributed by atoms with van der Waals surface area (Å²) < 4.78 is 1.34. The summed E-state index contributed by atoms with van der Waals surface area (Å²) in [7, 11) is 0. The van der Waals surface area contributed by atoms with Crippen molar-refractivity contribution >= 4 is 17.0 Å². The van der Waals surface area contributed by atoms with Crippen molar-refractivity contribution in [1.82, 2.24) is 14.5 Å². The van der Waals surface area contributed by atoms with Crippen LogP contribution >= 0.6 is 11.3 Å². The predicted molar refractivity (Wildman–Crippen MR) is 66.4 cm³/mol. The second-order valence-corrected chi connectivity index (χ2v) is 5.01. The lowest BCUT2D eigenvalue weighted by Gasteiger charge is -2.02. The molecule has 7 heteroatoms. The van der Waals surface area contributed by atoms with E-state index in [0.717, 1.165) is 15.6 Å². The van der Waals surface area contributed by atoms with E-state index < -0.39 is 11.2 Å². The normalized spacial score (nSPS) is 10.7. The highest BCUT2D eigenvalue weighted by molar-refractivity contribution is 7.11. The summed E-state index contributed by atoms with van der Waals surface area (Å²) in [6.07, 6.45) is 1.34. The highest BCUT2D eigenvalue weighted by atomic mass is 32.1. The molecule has 90 valence electrons. The molecule has 0 unspecified atom stereocenters. The molecule has 17 heavy (non-hydrogen) atoms. The molecule has 0 amide bonds. The molecule has 6 nitrogen and oxygen atoms in total. The van der Waals surface area contributed by atoms with E-state index in [1.165, 1.54) is 22.1 Å². The number of anilines is 1. The first-order chi connectivity index (χ1) is 7.97. The van der Waals surface area contributed by atoms with Gasteiger partial charge < -0.3 is 5.73 Å². The summed E-state index contributed by atoms with van der Waals surface area (Å²) in [5.41, 5.74) is 5.40. The zero-order valence-corrected chi connectivity index (χ0v) is 10.3. The third-order valence-corrected chi connectivity index (χ3v) is 3.47. The number of nitrogens with zero attached hydrogens (tertiary/aromatic N) is 2. The molecule has 2 heterocycles. The second kappa shape index (κ2) is 4.17. The summed E-state index contributed by atoms with van der Waals surface area (Å²) in [6, 6.07) is 0. The summed E-state index contributed by atoms with van der Waals surface area (Å²) in [5, 5.41) is 0.813. The van der Waals surface area contributed by atoms with Crippen LogP contribution in [0.4, 0.5) is 5.69 Å². The molecule has 3 N–H and O–H groups in total. The van der Waals surface area contributed by atoms with Crippen LogP contribution in [0.25, 0.3) is 0 Å². The molecule has 0 spiro atoms. The Morgan fingerprint density at radius 1 is 1.47 bits per heavy atom. The Balaban J connectivity index is 2.39. The number of aromatic amines is 1. The number of hydrogen-bond acceptors (Lipinski definition) is 5. The van der Waals surface area contributed by atoms with Gasteiger partial charge in [-0.1, -0.05) is 0 Å². The molecule has 0 bridgehead atoms. The minimum atomic E-state index is -0.558. The van der Waals surface area contributed by atoms with Crippen LogP contribution in [0.15, 0.2) is 15.8 Å². The van der Waals surface area contributed by atoms with Gasteiger partial charge in [-0.05, 0) is 13.8 Å². The van der Waals surface area contributed by atoms with Crippen LogP contribution in [0.3, 0.4) is 0 Å². The van der Waals surface area contributed by atoms with Crippen molar-refractivity contribution in [3.05, 3.63) is 42.6 Å². The van der Waals surface area contributed by atoms with Gasteiger partial charge in [0.05, 0.1) is 12.2 Å². The number of hydrogen-bond donors (Lipinski definition) is 2. The van der Waals surface area contributed by atoms with Gasteiger partial charge in [-0.2, -0.15) is 0 Å². The number of H-pyrrole nitrogens is 1. The van der Waals surface area contributed by atoms with Crippen LogP contribution < -0.4 is 17.0 Å². The monoisotopic (exact) mass is 252 g/mol. The van der Waals surface area contributed by atoms with E-state index in [2.05, 4.69) is 9.97 Å². The minimum Gasteiger partial charge on any atom is -0.393 e. The van der Waals surface area contributed by atoms with E-state index in [0.29, 0.717) is 6.54 Å². The molecule has 0 aromatic carbocycles. The Hall–Kier alpha value is -1.89. The lowest BCUT2D eigenvalue weighted by atomic mass is 10.4. The number of nitrogens with one attached hydrogen (secondary N) is 1. The SMILES string of the molecule is Cc1nc(Cn2cc(N)c(=O)[nH]c2=O)sc1C. The van der Waals surface area contributed by atoms with Crippen molar-refractivity contribution in [2.24, 2.45) is 0 Å². The van der Waals surface area contributed by atoms with E-state index in [9.17, 15) is 9.59 Å². The van der Waals surface area contributed by atoms with Gasteiger partial charge in [0.2, 0.25) is 0 Å². The maximum Gasteiger partial charge on any atom is 0.328 e. The fraction of sp³-hybridized carbons (Fsp3) is 0.300. The van der Waals surface area contributed by atoms with Crippen LogP contribution in [-0.2, 0) is 6.54 Å². The van der Waals surface area contributed by atoms with E-state index >= 15 is 0 Å². The molecule has 0 fully saturated rings. The van der Waals surface area contributed by atoms with Crippen LogP contribution in [0, 0.1) is 13.8 Å². The number of aromatic nitrogens is 3. The first-order valence-corrected chi connectivity index (χ1v) is 5.81. The molecule has 0 saturated carbocycles. The third-order valence-electron chi connectivity index (χ3n) is 2.42. The van der Waals surface area contributed by atoms with Crippen LogP contribution in [0.1, 0.15) is 15.6 Å². The van der Waals surface area contributed by atoms with E-state index in [4.69, 9.17) is 5.73 Å². The van der Waals surface area contributed by atoms with Gasteiger partial charge in [0.1, 0.15) is 10.7 Å². The topological polar surface area (TPSA) is 93.8 Å². The molecular weight excluding hydrogens is 240 g/mol. The van der Waals surface area contributed by atoms with Gasteiger partial charge in [0.15, 0.2) is 0 Å². The van der Waals surface area contributed by atoms with Gasteiger partial charge >= 0.3 is 5.69 Å². The fourth-order valence-electron chi connectivity index (χ4n) is 1.40. The molecule has 0 radical (unpaired) electrons. The first kappa shape index (κ1) is 11.6. The number of nitrogen functional groups attached to an aromatic ring is 1. The molecule has 2 rings (SSSR count). The van der Waals surface area contributed by atoms with Crippen molar-refractivity contribution < 1.29 is 0 Å². The largest absolute Gasteiger partial charge is 0.393 e. The Labute approximate surface area is 101 Å². The maximum absolute atomic E-state index is 11.5. The quantitative estimate of drug-likeness (QED) is 0.800. The van der Waals surface area contributed by atoms with Gasteiger partial charge in [0, 0.05) is 11.1 Å². The van der Waals surface area contributed by atoms with Crippen LogP contribution in [-0.4, -0.2) is 14.5 Å². The lowest BCUT2D eigenvalue weighted by Crippen LogP contribution is -2.31. The molecule has 0 aliphatic rings. The van der Waals surface area contributed by atoms with E-state index in [1.54, 1.807) is 0 Å². The van der Waals surface area contributed by atoms with Crippen molar-refractivity contribution in [1.29, 1.82) is 0 Å². The molecule has 2 aromatic heterocycles. The molecule has 0 saturated heterocycles. The Kier molecular flexibility index (Phi) is 2.84. The average molecular weight is 252 g/mol. The Morgan fingerprint density at radius 3 is 2.76 bits per heavy atom. The average Bonchev–Trinajstić information content (AvgIpc) is 2.55. The van der Waals surface area contributed by atoms with Gasteiger partial charge in [-0.25, -0.2) is 9.78 Å². The molecule has 0 aliphatic carbocycles. The highest BCUT2D eigenvalue weighted by Gasteiger charge is 2.07. The van der Waals surface area contributed by atoms with Crippen molar-refractivity contribution in [3.63, 3.8) is 0 Å². The van der Waals surface area contributed by atoms with Crippen LogP contribution in [0.2, 0.25) is 0 Å². The molecule has 2 aromatic rings. The standard InChI is InChI=1S/C10H12N4O2S/c1-5-6(2)17-8(12-5)4-14-3-7(11)9(15)13-10(14)16/h3H,4,11H2,1-2H3,(H,13,15,16). The third kappa shape index (κ3) is 2.28. The number of thiazole rings is 1. The second-order valence-electron chi connectivity index (χ2n) is 3.72. The van der Waals surface area contributed by atoms with Crippen molar-refractivity contribution in [2.75, 3.05) is 5.73 Å². The van der Waals surface area contributed by atoms with E-state index in [-0.39, 0.29) is 5.69 Å². The van der Waals surface area contributed by atoms with Crippen LogP contribution in [0.5, 0.6) is 0 Å².